The molecule has 0 aliphatic rings. The van der Waals surface area contributed by atoms with E-state index in [4.69, 9.17) is 34.8 Å². The molecule has 0 aromatic heterocycles. The van der Waals surface area contributed by atoms with Crippen molar-refractivity contribution in [2.24, 2.45) is 0 Å². The fraction of sp³-hybridized carbons (Fsp3) is 0.333. The third-order valence-electron chi connectivity index (χ3n) is 6.38. The molecular formula is C27H30AlCl3. The number of hydrogen-bond donors (Lipinski definition) is 0. The monoisotopic (exact) mass is 486 g/mol. The lowest BCUT2D eigenvalue weighted by Crippen LogP contribution is -2.20. The molecule has 162 valence electrons. The molecule has 0 radical (unpaired) electrons. The maximum Gasteiger partial charge on any atom is 0.263 e. The minimum Gasteiger partial charge on any atom is -0.0872 e. The Hall–Kier alpha value is -0.938. The number of rotatable bonds is 9. The van der Waals surface area contributed by atoms with Gasteiger partial charge in [-0.25, -0.2) is 0 Å². The molecule has 3 aromatic rings. The van der Waals surface area contributed by atoms with Gasteiger partial charge in [0.05, 0.1) is 0 Å². The molecule has 3 unspecified atom stereocenters. The zero-order chi connectivity index (χ0) is 22.4. The summed E-state index contributed by atoms with van der Waals surface area (Å²) in [5.74, 6) is 1.64. The summed E-state index contributed by atoms with van der Waals surface area (Å²) in [4.78, 5) is 0. The Morgan fingerprint density at radius 2 is 0.710 bits per heavy atom. The molecule has 0 N–H and O–H groups in total. The van der Waals surface area contributed by atoms with E-state index in [-0.39, 0.29) is 0 Å². The van der Waals surface area contributed by atoms with E-state index < -0.39 is 14.1 Å². The second-order valence-electron chi connectivity index (χ2n) is 8.93. The van der Waals surface area contributed by atoms with Crippen LogP contribution in [0.4, 0.5) is 0 Å². The molecule has 0 heterocycles. The molecule has 31 heavy (non-hydrogen) atoms. The fourth-order valence-corrected chi connectivity index (χ4v) is 9.34. The average molecular weight is 488 g/mol. The summed E-state index contributed by atoms with van der Waals surface area (Å²) >= 11 is 17.3. The SMILES string of the molecule is CC([CH2][Al]([CH2]C(C)c1ccc(Cl)cc1)[CH2]C(C)c1ccc(Cl)cc1)c1ccc(Cl)cc1. The normalized spacial score (nSPS) is 14.1. The van der Waals surface area contributed by atoms with E-state index >= 15 is 0 Å². The van der Waals surface area contributed by atoms with Gasteiger partial charge in [0.25, 0.3) is 14.1 Å². The van der Waals surface area contributed by atoms with E-state index in [1.165, 1.54) is 32.5 Å². The van der Waals surface area contributed by atoms with Gasteiger partial charge in [-0.1, -0.05) is 108 Å². The Labute approximate surface area is 206 Å². The molecular weight excluding hydrogens is 458 g/mol. The predicted octanol–water partition coefficient (Wildman–Crippen LogP) is 9.85. The van der Waals surface area contributed by atoms with Crippen molar-refractivity contribution in [1.82, 2.24) is 0 Å². The van der Waals surface area contributed by atoms with Gasteiger partial charge < -0.3 is 0 Å². The van der Waals surface area contributed by atoms with Gasteiger partial charge in [-0.2, -0.15) is 0 Å². The first-order valence-electron chi connectivity index (χ1n) is 11.1. The lowest BCUT2D eigenvalue weighted by Gasteiger charge is -2.24. The maximum atomic E-state index is 6.11. The third kappa shape index (κ3) is 7.56. The van der Waals surface area contributed by atoms with Crippen LogP contribution in [0.3, 0.4) is 0 Å². The summed E-state index contributed by atoms with van der Waals surface area (Å²) < 4.78 is 0. The van der Waals surface area contributed by atoms with Crippen molar-refractivity contribution >= 4 is 49.0 Å². The standard InChI is InChI=1S/3C9H10Cl.Al/c3*1-7(2)8-3-5-9(10)6-4-8;/h3*3-7H,1H2,2H3;. The van der Waals surface area contributed by atoms with Crippen LogP contribution in [0.1, 0.15) is 55.2 Å². The number of hydrogen-bond acceptors (Lipinski definition) is 0. The first kappa shape index (κ1) is 24.7. The van der Waals surface area contributed by atoms with E-state index in [9.17, 15) is 0 Å². The molecule has 0 amide bonds. The molecule has 0 saturated carbocycles. The van der Waals surface area contributed by atoms with E-state index in [0.29, 0.717) is 17.8 Å². The highest BCUT2D eigenvalue weighted by Crippen LogP contribution is 2.34. The van der Waals surface area contributed by atoms with Crippen molar-refractivity contribution in [3.63, 3.8) is 0 Å². The summed E-state index contributed by atoms with van der Waals surface area (Å²) in [6.07, 6.45) is 0. The van der Waals surface area contributed by atoms with Crippen molar-refractivity contribution in [2.75, 3.05) is 0 Å². The van der Waals surface area contributed by atoms with Crippen LogP contribution in [0.25, 0.3) is 0 Å². The molecule has 0 aliphatic heterocycles. The van der Waals surface area contributed by atoms with Gasteiger partial charge in [0.2, 0.25) is 0 Å². The molecule has 0 saturated heterocycles. The van der Waals surface area contributed by atoms with Crippen LogP contribution in [0.2, 0.25) is 30.9 Å². The van der Waals surface area contributed by atoms with Crippen LogP contribution < -0.4 is 0 Å². The van der Waals surface area contributed by atoms with Gasteiger partial charge in [0, 0.05) is 15.1 Å². The van der Waals surface area contributed by atoms with E-state index in [0.717, 1.165) is 15.1 Å². The highest BCUT2D eigenvalue weighted by molar-refractivity contribution is 6.59. The van der Waals surface area contributed by atoms with Crippen LogP contribution in [0.15, 0.2) is 72.8 Å². The zero-order valence-corrected chi connectivity index (χ0v) is 21.9. The fourth-order valence-electron chi connectivity index (χ4n) is 4.57. The quantitative estimate of drug-likeness (QED) is 0.263. The Balaban J connectivity index is 1.75. The minimum absolute atomic E-state index is 0.545. The molecule has 3 atom stereocenters. The molecule has 0 bridgehead atoms. The smallest absolute Gasteiger partial charge is 0.0872 e. The Bertz CT molecular complexity index is 809. The van der Waals surface area contributed by atoms with Crippen molar-refractivity contribution < 1.29 is 0 Å². The lowest BCUT2D eigenvalue weighted by atomic mass is 10.0. The summed E-state index contributed by atoms with van der Waals surface area (Å²) in [5.41, 5.74) is 4.17. The van der Waals surface area contributed by atoms with Crippen LogP contribution in [0, 0.1) is 0 Å². The number of halogens is 3. The van der Waals surface area contributed by atoms with Crippen molar-refractivity contribution in [1.29, 1.82) is 0 Å². The molecule has 0 aliphatic carbocycles. The molecule has 0 fully saturated rings. The highest BCUT2D eigenvalue weighted by Gasteiger charge is 2.26. The maximum absolute atomic E-state index is 6.11. The summed E-state index contributed by atoms with van der Waals surface area (Å²) in [7, 11) is 0. The van der Waals surface area contributed by atoms with Crippen LogP contribution >= 0.6 is 34.8 Å². The zero-order valence-electron chi connectivity index (χ0n) is 18.5. The Morgan fingerprint density at radius 3 is 0.935 bits per heavy atom. The molecule has 0 nitrogen and oxygen atoms in total. The van der Waals surface area contributed by atoms with Crippen LogP contribution in [0.5, 0.6) is 0 Å². The largest absolute Gasteiger partial charge is 0.263 e. The molecule has 3 rings (SSSR count). The first-order chi connectivity index (χ1) is 14.8. The Morgan fingerprint density at radius 1 is 0.484 bits per heavy atom. The minimum atomic E-state index is -1.05. The van der Waals surface area contributed by atoms with Gasteiger partial charge >= 0.3 is 0 Å². The lowest BCUT2D eigenvalue weighted by molar-refractivity contribution is 0.777. The second kappa shape index (κ2) is 11.8. The summed E-state index contributed by atoms with van der Waals surface area (Å²) in [6.45, 7) is 7.09. The van der Waals surface area contributed by atoms with Crippen molar-refractivity contribution in [2.45, 2.75) is 54.4 Å². The molecule has 4 heteroatoms. The first-order valence-corrected chi connectivity index (χ1v) is 14.7. The van der Waals surface area contributed by atoms with Gasteiger partial charge in [0.15, 0.2) is 0 Å². The number of benzene rings is 3. The van der Waals surface area contributed by atoms with Crippen LogP contribution in [-0.4, -0.2) is 14.1 Å². The van der Waals surface area contributed by atoms with Gasteiger partial charge in [-0.3, -0.25) is 0 Å². The topological polar surface area (TPSA) is 0 Å². The molecule has 0 spiro atoms. The summed E-state index contributed by atoms with van der Waals surface area (Å²) in [5, 5.41) is 6.28. The van der Waals surface area contributed by atoms with Crippen LogP contribution in [-0.2, 0) is 0 Å². The van der Waals surface area contributed by atoms with E-state index in [1.54, 1.807) is 0 Å². The predicted molar refractivity (Wildman–Crippen MR) is 140 cm³/mol. The molecule has 3 aromatic carbocycles. The average Bonchev–Trinajstić information content (AvgIpc) is 2.75. The Kier molecular flexibility index (Phi) is 9.39. The highest BCUT2D eigenvalue weighted by atomic mass is 35.5. The van der Waals surface area contributed by atoms with Crippen molar-refractivity contribution in [3.8, 4) is 0 Å². The van der Waals surface area contributed by atoms with Crippen molar-refractivity contribution in [3.05, 3.63) is 105 Å². The van der Waals surface area contributed by atoms with Gasteiger partial charge in [0.1, 0.15) is 0 Å². The summed E-state index contributed by atoms with van der Waals surface area (Å²) in [6, 6.07) is 25.2. The van der Waals surface area contributed by atoms with E-state index in [2.05, 4.69) is 57.2 Å². The van der Waals surface area contributed by atoms with Gasteiger partial charge in [-0.05, 0) is 70.8 Å². The third-order valence-corrected chi connectivity index (χ3v) is 11.3. The second-order valence-corrected chi connectivity index (χ2v) is 13.4. The van der Waals surface area contributed by atoms with E-state index in [1.807, 2.05) is 36.4 Å². The van der Waals surface area contributed by atoms with Gasteiger partial charge in [-0.15, -0.1) is 0 Å².